The molecular formula is C13H13NS. The van der Waals surface area contributed by atoms with E-state index in [4.69, 9.17) is 5.73 Å². The molecule has 0 fully saturated rings. The second-order valence-electron chi connectivity index (χ2n) is 4.16. The molecule has 1 aromatic rings. The van der Waals surface area contributed by atoms with Gasteiger partial charge < -0.3 is 5.73 Å². The van der Waals surface area contributed by atoms with Gasteiger partial charge in [0.2, 0.25) is 0 Å². The van der Waals surface area contributed by atoms with Crippen LogP contribution in [0.5, 0.6) is 0 Å². The van der Waals surface area contributed by atoms with Crippen LogP contribution in [0.3, 0.4) is 0 Å². The van der Waals surface area contributed by atoms with E-state index in [1.54, 1.807) is 0 Å². The Morgan fingerprint density at radius 3 is 2.93 bits per heavy atom. The van der Waals surface area contributed by atoms with E-state index in [9.17, 15) is 0 Å². The lowest BCUT2D eigenvalue weighted by Gasteiger charge is -2.21. The lowest BCUT2D eigenvalue weighted by molar-refractivity contribution is 0.760. The van der Waals surface area contributed by atoms with Crippen molar-refractivity contribution in [2.24, 2.45) is 11.7 Å². The lowest BCUT2D eigenvalue weighted by atomic mass is 9.90. The van der Waals surface area contributed by atoms with Crippen LogP contribution >= 0.6 is 11.8 Å². The van der Waals surface area contributed by atoms with E-state index in [2.05, 4.69) is 43.3 Å². The van der Waals surface area contributed by atoms with E-state index >= 15 is 0 Å². The van der Waals surface area contributed by atoms with Crippen LogP contribution in [-0.4, -0.2) is 5.25 Å². The van der Waals surface area contributed by atoms with Crippen LogP contribution in [0.25, 0.3) is 5.57 Å². The highest BCUT2D eigenvalue weighted by Crippen LogP contribution is 2.49. The van der Waals surface area contributed by atoms with Crippen LogP contribution in [0, 0.1) is 5.92 Å². The van der Waals surface area contributed by atoms with E-state index in [-0.39, 0.29) is 0 Å². The minimum atomic E-state index is 0.530. The molecule has 1 nitrogen and oxygen atoms in total. The molecule has 76 valence electrons. The SMILES string of the molecule is CC1C=C(N)C=C2c3ccccc3SC21. The zero-order valence-electron chi connectivity index (χ0n) is 8.60. The molecule has 2 heteroatoms. The normalized spacial score (nSPS) is 27.8. The van der Waals surface area contributed by atoms with Gasteiger partial charge in [-0.3, -0.25) is 0 Å². The van der Waals surface area contributed by atoms with Crippen molar-refractivity contribution in [2.75, 3.05) is 0 Å². The number of allylic oxidation sites excluding steroid dienone is 2. The van der Waals surface area contributed by atoms with Crippen molar-refractivity contribution in [1.29, 1.82) is 0 Å². The van der Waals surface area contributed by atoms with Gasteiger partial charge in [-0.1, -0.05) is 31.2 Å². The molecule has 0 amide bonds. The number of hydrogen-bond acceptors (Lipinski definition) is 2. The van der Waals surface area contributed by atoms with Gasteiger partial charge in [-0.05, 0) is 29.2 Å². The molecule has 1 aromatic carbocycles. The van der Waals surface area contributed by atoms with Crippen molar-refractivity contribution in [2.45, 2.75) is 17.1 Å². The molecule has 0 spiro atoms. The molecule has 0 aromatic heterocycles. The van der Waals surface area contributed by atoms with Crippen molar-refractivity contribution in [1.82, 2.24) is 0 Å². The monoisotopic (exact) mass is 215 g/mol. The summed E-state index contributed by atoms with van der Waals surface area (Å²) in [6.07, 6.45) is 4.29. The summed E-state index contributed by atoms with van der Waals surface area (Å²) in [7, 11) is 0. The Bertz CT molecular complexity index is 473. The van der Waals surface area contributed by atoms with E-state index in [1.807, 2.05) is 11.8 Å². The third-order valence-corrected chi connectivity index (χ3v) is 4.56. The summed E-state index contributed by atoms with van der Waals surface area (Å²) in [6, 6.07) is 8.59. The largest absolute Gasteiger partial charge is 0.399 e. The average Bonchev–Trinajstić information content (AvgIpc) is 2.57. The molecule has 0 radical (unpaired) electrons. The molecule has 3 rings (SSSR count). The number of thioether (sulfide) groups is 1. The fraction of sp³-hybridized carbons (Fsp3) is 0.231. The Labute approximate surface area is 94.1 Å². The standard InChI is InChI=1S/C13H13NS/c1-8-6-9(14)7-11-10-4-2-3-5-12(10)15-13(8)11/h2-8,13H,14H2,1H3. The van der Waals surface area contributed by atoms with Gasteiger partial charge in [0.1, 0.15) is 0 Å². The topological polar surface area (TPSA) is 26.0 Å². The average molecular weight is 215 g/mol. The summed E-state index contributed by atoms with van der Waals surface area (Å²) in [4.78, 5) is 1.39. The van der Waals surface area contributed by atoms with Gasteiger partial charge in [0, 0.05) is 15.8 Å². The minimum absolute atomic E-state index is 0.530. The predicted octanol–water partition coefficient (Wildman–Crippen LogP) is 3.04. The Kier molecular flexibility index (Phi) is 1.93. The summed E-state index contributed by atoms with van der Waals surface area (Å²) >= 11 is 1.96. The molecule has 2 unspecified atom stereocenters. The van der Waals surface area contributed by atoms with Crippen LogP contribution < -0.4 is 5.73 Å². The molecule has 0 saturated carbocycles. The number of fused-ring (bicyclic) bond motifs is 3. The van der Waals surface area contributed by atoms with Crippen molar-refractivity contribution < 1.29 is 0 Å². The molecule has 2 atom stereocenters. The summed E-state index contributed by atoms with van der Waals surface area (Å²) in [6.45, 7) is 2.24. The third kappa shape index (κ3) is 1.32. The second kappa shape index (κ2) is 3.17. The summed E-state index contributed by atoms with van der Waals surface area (Å²) in [5.74, 6) is 0.530. The van der Waals surface area contributed by atoms with E-state index in [0.717, 1.165) is 5.70 Å². The first kappa shape index (κ1) is 9.10. The summed E-state index contributed by atoms with van der Waals surface area (Å²) in [5, 5.41) is 0.565. The molecule has 15 heavy (non-hydrogen) atoms. The van der Waals surface area contributed by atoms with Gasteiger partial charge in [0.15, 0.2) is 0 Å². The van der Waals surface area contributed by atoms with Gasteiger partial charge in [-0.2, -0.15) is 0 Å². The lowest BCUT2D eigenvalue weighted by Crippen LogP contribution is -2.17. The van der Waals surface area contributed by atoms with Crippen LogP contribution in [-0.2, 0) is 0 Å². The molecule has 1 aliphatic heterocycles. The number of nitrogens with two attached hydrogens (primary N) is 1. The number of rotatable bonds is 0. The third-order valence-electron chi connectivity index (χ3n) is 3.01. The van der Waals surface area contributed by atoms with E-state index in [1.165, 1.54) is 16.0 Å². The van der Waals surface area contributed by atoms with Crippen LogP contribution in [0.1, 0.15) is 12.5 Å². The number of benzene rings is 1. The highest BCUT2D eigenvalue weighted by molar-refractivity contribution is 8.00. The second-order valence-corrected chi connectivity index (χ2v) is 5.34. The zero-order valence-corrected chi connectivity index (χ0v) is 9.42. The van der Waals surface area contributed by atoms with Crippen molar-refractivity contribution in [3.8, 4) is 0 Å². The number of hydrogen-bond donors (Lipinski definition) is 1. The first-order valence-electron chi connectivity index (χ1n) is 5.20. The molecular weight excluding hydrogens is 202 g/mol. The van der Waals surface area contributed by atoms with Crippen LogP contribution in [0.4, 0.5) is 0 Å². The highest BCUT2D eigenvalue weighted by atomic mass is 32.2. The first-order valence-corrected chi connectivity index (χ1v) is 6.08. The smallest absolute Gasteiger partial charge is 0.0412 e. The highest BCUT2D eigenvalue weighted by Gasteiger charge is 2.32. The molecule has 1 heterocycles. The molecule has 2 N–H and O–H groups in total. The van der Waals surface area contributed by atoms with Crippen LogP contribution in [0.2, 0.25) is 0 Å². The van der Waals surface area contributed by atoms with E-state index in [0.29, 0.717) is 11.2 Å². The van der Waals surface area contributed by atoms with Gasteiger partial charge in [0.25, 0.3) is 0 Å². The summed E-state index contributed by atoms with van der Waals surface area (Å²) in [5.41, 5.74) is 9.60. The van der Waals surface area contributed by atoms with E-state index < -0.39 is 0 Å². The Balaban J connectivity index is 2.15. The first-order chi connectivity index (χ1) is 7.25. The molecule has 0 bridgehead atoms. The van der Waals surface area contributed by atoms with Gasteiger partial charge in [-0.15, -0.1) is 11.8 Å². The molecule has 2 aliphatic rings. The molecule has 0 saturated heterocycles. The van der Waals surface area contributed by atoms with Crippen molar-refractivity contribution in [3.05, 3.63) is 47.7 Å². The zero-order chi connectivity index (χ0) is 10.4. The Hall–Kier alpha value is -1.15. The minimum Gasteiger partial charge on any atom is -0.399 e. The predicted molar refractivity (Wildman–Crippen MR) is 65.5 cm³/mol. The maximum atomic E-state index is 5.91. The maximum Gasteiger partial charge on any atom is 0.0412 e. The van der Waals surface area contributed by atoms with Crippen molar-refractivity contribution >= 4 is 17.3 Å². The quantitative estimate of drug-likeness (QED) is 0.720. The Morgan fingerprint density at radius 2 is 2.07 bits per heavy atom. The van der Waals surface area contributed by atoms with Gasteiger partial charge >= 0.3 is 0 Å². The fourth-order valence-electron chi connectivity index (χ4n) is 2.33. The Morgan fingerprint density at radius 1 is 1.27 bits per heavy atom. The van der Waals surface area contributed by atoms with Crippen LogP contribution in [0.15, 0.2) is 47.0 Å². The molecule has 1 aliphatic carbocycles. The van der Waals surface area contributed by atoms with Gasteiger partial charge in [0.05, 0.1) is 0 Å². The van der Waals surface area contributed by atoms with Gasteiger partial charge in [-0.25, -0.2) is 0 Å². The maximum absolute atomic E-state index is 5.91. The van der Waals surface area contributed by atoms with Crippen molar-refractivity contribution in [3.63, 3.8) is 0 Å². The summed E-state index contributed by atoms with van der Waals surface area (Å²) < 4.78 is 0. The fourth-order valence-corrected chi connectivity index (χ4v) is 3.69.